The number of aromatic nitrogens is 1. The largest absolute Gasteiger partial charge is 0.479 e. The highest BCUT2D eigenvalue weighted by molar-refractivity contribution is 6.06. The number of allylic oxidation sites excluding steroid dienone is 1. The van der Waals surface area contributed by atoms with Gasteiger partial charge in [0, 0.05) is 18.0 Å². The quantitative estimate of drug-likeness (QED) is 0.615. The molecular formula is C16H12N2O2. The normalized spacial score (nSPS) is 10.2. The molecule has 1 heterocycles. The summed E-state index contributed by atoms with van der Waals surface area (Å²) in [6.07, 6.45) is 6.58. The van der Waals surface area contributed by atoms with Crippen LogP contribution < -0.4 is 4.74 Å². The predicted octanol–water partition coefficient (Wildman–Crippen LogP) is 2.88. The highest BCUT2D eigenvalue weighted by Crippen LogP contribution is 2.13. The first kappa shape index (κ1) is 13.5. The molecule has 1 aromatic carbocycles. The summed E-state index contributed by atoms with van der Waals surface area (Å²) in [4.78, 5) is 15.9. The highest BCUT2D eigenvalue weighted by atomic mass is 16.5. The molecule has 0 unspecified atom stereocenters. The van der Waals surface area contributed by atoms with E-state index in [1.165, 1.54) is 6.08 Å². The minimum Gasteiger partial charge on any atom is -0.479 e. The molecule has 4 nitrogen and oxygen atoms in total. The maximum absolute atomic E-state index is 11.9. The van der Waals surface area contributed by atoms with Crippen LogP contribution in [0.4, 0.5) is 0 Å². The van der Waals surface area contributed by atoms with Crippen molar-refractivity contribution >= 4 is 11.9 Å². The van der Waals surface area contributed by atoms with E-state index in [2.05, 4.69) is 4.98 Å². The van der Waals surface area contributed by atoms with Gasteiger partial charge in [0.15, 0.2) is 12.4 Å². The lowest BCUT2D eigenvalue weighted by Crippen LogP contribution is -1.96. The number of ketones is 1. The minimum absolute atomic E-state index is 0.00575. The summed E-state index contributed by atoms with van der Waals surface area (Å²) in [6.45, 7) is -0.00575. The zero-order valence-corrected chi connectivity index (χ0v) is 10.7. The average molecular weight is 264 g/mol. The third-order valence-electron chi connectivity index (χ3n) is 2.55. The van der Waals surface area contributed by atoms with Gasteiger partial charge in [-0.3, -0.25) is 9.78 Å². The summed E-state index contributed by atoms with van der Waals surface area (Å²) in [6, 6.07) is 12.2. The van der Waals surface area contributed by atoms with Crippen LogP contribution in [0.15, 0.2) is 54.9 Å². The molecular weight excluding hydrogens is 252 g/mol. The lowest BCUT2D eigenvalue weighted by molar-refractivity contribution is 0.104. The SMILES string of the molecule is N#CCOc1ccc(C(=O)/C=C/c2cccnc2)cc1. The van der Waals surface area contributed by atoms with E-state index >= 15 is 0 Å². The number of nitrogens with zero attached hydrogens (tertiary/aromatic N) is 2. The molecule has 0 N–H and O–H groups in total. The Balaban J connectivity index is 2.03. The number of benzene rings is 1. The number of rotatable bonds is 5. The van der Waals surface area contributed by atoms with Crippen LogP contribution in [0.2, 0.25) is 0 Å². The van der Waals surface area contributed by atoms with Gasteiger partial charge in [-0.25, -0.2) is 0 Å². The molecule has 0 spiro atoms. The molecule has 0 atom stereocenters. The van der Waals surface area contributed by atoms with Gasteiger partial charge in [0.2, 0.25) is 0 Å². The van der Waals surface area contributed by atoms with Gasteiger partial charge in [0.05, 0.1) is 0 Å². The maximum atomic E-state index is 11.9. The molecule has 0 fully saturated rings. The second-order valence-electron chi connectivity index (χ2n) is 3.96. The zero-order chi connectivity index (χ0) is 14.2. The fraction of sp³-hybridized carbons (Fsp3) is 0.0625. The van der Waals surface area contributed by atoms with Crippen molar-refractivity contribution < 1.29 is 9.53 Å². The molecule has 0 saturated carbocycles. The van der Waals surface area contributed by atoms with E-state index in [1.54, 1.807) is 42.7 Å². The van der Waals surface area contributed by atoms with Crippen LogP contribution in [0.1, 0.15) is 15.9 Å². The lowest BCUT2D eigenvalue weighted by atomic mass is 10.1. The average Bonchev–Trinajstić information content (AvgIpc) is 2.52. The minimum atomic E-state index is -0.0966. The highest BCUT2D eigenvalue weighted by Gasteiger charge is 2.02. The van der Waals surface area contributed by atoms with Crippen molar-refractivity contribution in [2.24, 2.45) is 0 Å². The van der Waals surface area contributed by atoms with E-state index in [-0.39, 0.29) is 12.4 Å². The van der Waals surface area contributed by atoms with Crippen LogP contribution in [0.3, 0.4) is 0 Å². The Morgan fingerprint density at radius 2 is 2.10 bits per heavy atom. The predicted molar refractivity (Wildman–Crippen MR) is 75.2 cm³/mol. The number of pyridine rings is 1. The number of nitriles is 1. The molecule has 98 valence electrons. The van der Waals surface area contributed by atoms with Gasteiger partial charge < -0.3 is 4.74 Å². The van der Waals surface area contributed by atoms with Gasteiger partial charge in [-0.2, -0.15) is 5.26 Å². The molecule has 0 aliphatic carbocycles. The topological polar surface area (TPSA) is 63.0 Å². The van der Waals surface area contributed by atoms with Crippen molar-refractivity contribution in [2.75, 3.05) is 6.61 Å². The van der Waals surface area contributed by atoms with E-state index in [0.29, 0.717) is 11.3 Å². The first-order valence-corrected chi connectivity index (χ1v) is 6.02. The first-order valence-electron chi connectivity index (χ1n) is 6.02. The summed E-state index contributed by atoms with van der Waals surface area (Å²) in [7, 11) is 0. The van der Waals surface area contributed by atoms with Crippen molar-refractivity contribution in [2.45, 2.75) is 0 Å². The van der Waals surface area contributed by atoms with Gasteiger partial charge in [0.1, 0.15) is 11.8 Å². The smallest absolute Gasteiger partial charge is 0.185 e. The summed E-state index contributed by atoms with van der Waals surface area (Å²) < 4.78 is 5.12. The Bertz CT molecular complexity index is 640. The number of hydrogen-bond donors (Lipinski definition) is 0. The van der Waals surface area contributed by atoms with E-state index in [4.69, 9.17) is 10.00 Å². The van der Waals surface area contributed by atoms with Gasteiger partial charge in [-0.1, -0.05) is 6.07 Å². The van der Waals surface area contributed by atoms with E-state index in [0.717, 1.165) is 5.56 Å². The standard InChI is InChI=1S/C16H12N2O2/c17-9-11-20-15-6-4-14(5-7-15)16(19)8-3-13-2-1-10-18-12-13/h1-8,10,12H,11H2/b8-3+. The van der Waals surface area contributed by atoms with Gasteiger partial charge in [-0.05, 0) is 48.0 Å². The Hall–Kier alpha value is -2.93. The Morgan fingerprint density at radius 3 is 2.75 bits per heavy atom. The third-order valence-corrected chi connectivity index (χ3v) is 2.55. The summed E-state index contributed by atoms with van der Waals surface area (Å²) in [5, 5.41) is 8.41. The molecule has 4 heteroatoms. The fourth-order valence-electron chi connectivity index (χ4n) is 1.57. The first-order chi connectivity index (χ1) is 9.79. The second kappa shape index (κ2) is 6.86. The molecule has 0 amide bonds. The second-order valence-corrected chi connectivity index (χ2v) is 3.96. The van der Waals surface area contributed by atoms with Crippen molar-refractivity contribution in [1.82, 2.24) is 4.98 Å². The Kier molecular flexibility index (Phi) is 4.63. The maximum Gasteiger partial charge on any atom is 0.185 e. The summed E-state index contributed by atoms with van der Waals surface area (Å²) in [5.41, 5.74) is 1.43. The van der Waals surface area contributed by atoms with Crippen LogP contribution in [0.25, 0.3) is 6.08 Å². The molecule has 0 bridgehead atoms. The molecule has 0 radical (unpaired) electrons. The molecule has 0 aliphatic heterocycles. The molecule has 2 rings (SSSR count). The van der Waals surface area contributed by atoms with Crippen LogP contribution in [0, 0.1) is 11.3 Å². The van der Waals surface area contributed by atoms with Gasteiger partial charge in [0.25, 0.3) is 0 Å². The molecule has 1 aromatic heterocycles. The molecule has 0 aliphatic rings. The van der Waals surface area contributed by atoms with E-state index in [1.807, 2.05) is 18.2 Å². The molecule has 0 saturated heterocycles. The van der Waals surface area contributed by atoms with Crippen molar-refractivity contribution in [3.63, 3.8) is 0 Å². The van der Waals surface area contributed by atoms with Gasteiger partial charge in [-0.15, -0.1) is 0 Å². The zero-order valence-electron chi connectivity index (χ0n) is 10.7. The summed E-state index contributed by atoms with van der Waals surface area (Å²) in [5.74, 6) is 0.472. The van der Waals surface area contributed by atoms with Crippen LogP contribution in [0.5, 0.6) is 5.75 Å². The van der Waals surface area contributed by atoms with Crippen LogP contribution >= 0.6 is 0 Å². The molecule has 20 heavy (non-hydrogen) atoms. The van der Waals surface area contributed by atoms with Crippen LogP contribution in [-0.2, 0) is 0 Å². The summed E-state index contributed by atoms with van der Waals surface area (Å²) >= 11 is 0. The number of hydrogen-bond acceptors (Lipinski definition) is 4. The Morgan fingerprint density at radius 1 is 1.30 bits per heavy atom. The monoisotopic (exact) mass is 264 g/mol. The number of carbonyl (C=O) groups excluding carboxylic acids is 1. The lowest BCUT2D eigenvalue weighted by Gasteiger charge is -2.01. The van der Waals surface area contributed by atoms with E-state index in [9.17, 15) is 4.79 Å². The van der Waals surface area contributed by atoms with E-state index < -0.39 is 0 Å². The Labute approximate surface area is 117 Å². The fourth-order valence-corrected chi connectivity index (χ4v) is 1.57. The van der Waals surface area contributed by atoms with Crippen molar-refractivity contribution in [3.8, 4) is 11.8 Å². The van der Waals surface area contributed by atoms with Crippen LogP contribution in [-0.4, -0.2) is 17.4 Å². The molecule has 2 aromatic rings. The van der Waals surface area contributed by atoms with Crippen molar-refractivity contribution in [1.29, 1.82) is 5.26 Å². The van der Waals surface area contributed by atoms with Crippen molar-refractivity contribution in [3.05, 3.63) is 66.0 Å². The third kappa shape index (κ3) is 3.79. The number of carbonyl (C=O) groups is 1. The number of ether oxygens (including phenoxy) is 1. The van der Waals surface area contributed by atoms with Gasteiger partial charge >= 0.3 is 0 Å².